The van der Waals surface area contributed by atoms with Crippen LogP contribution in [0.15, 0.2) is 48.5 Å². The van der Waals surface area contributed by atoms with Gasteiger partial charge in [0.15, 0.2) is 0 Å². The van der Waals surface area contributed by atoms with Crippen molar-refractivity contribution in [2.24, 2.45) is 0 Å². The van der Waals surface area contributed by atoms with Crippen LogP contribution in [0.25, 0.3) is 0 Å². The summed E-state index contributed by atoms with van der Waals surface area (Å²) >= 11 is 5.78. The van der Waals surface area contributed by atoms with Gasteiger partial charge in [-0.1, -0.05) is 41.9 Å². The largest absolute Gasteiger partial charge is 0.355 e. The number of hydrogen-bond acceptors (Lipinski definition) is 2. The molecule has 0 saturated carbocycles. The molecule has 24 heavy (non-hydrogen) atoms. The summed E-state index contributed by atoms with van der Waals surface area (Å²) in [4.78, 5) is 23.4. The fourth-order valence-corrected chi connectivity index (χ4v) is 2.24. The third-order valence-corrected chi connectivity index (χ3v) is 3.65. The average molecular weight is 349 g/mol. The maximum atomic E-state index is 13.4. The number of rotatable bonds is 7. The maximum absolute atomic E-state index is 13.4. The molecule has 2 rings (SSSR count). The number of benzene rings is 2. The quantitative estimate of drug-likeness (QED) is 0.756. The Bertz CT molecular complexity index is 704. The topological polar surface area (TPSA) is 58.2 Å². The zero-order valence-corrected chi connectivity index (χ0v) is 13.8. The van der Waals surface area contributed by atoms with E-state index in [9.17, 15) is 14.0 Å². The van der Waals surface area contributed by atoms with Crippen molar-refractivity contribution in [2.45, 2.75) is 19.4 Å². The molecule has 126 valence electrons. The molecule has 4 nitrogen and oxygen atoms in total. The minimum absolute atomic E-state index is 0.259. The Kier molecular flexibility index (Phi) is 6.75. The molecule has 2 aromatic rings. The van der Waals surface area contributed by atoms with Gasteiger partial charge in [-0.2, -0.15) is 0 Å². The highest BCUT2D eigenvalue weighted by Crippen LogP contribution is 2.09. The standard InChI is InChI=1S/C18H18ClFN2O2/c19-15-7-5-13(6-8-15)12-22-18(24)11-17(23)21-10-9-14-3-1-2-4-16(14)20/h1-8H,9-12H2,(H,21,23)(H,22,24). The van der Waals surface area contributed by atoms with Gasteiger partial charge in [0.1, 0.15) is 12.2 Å². The third-order valence-electron chi connectivity index (χ3n) is 3.40. The van der Waals surface area contributed by atoms with E-state index in [1.807, 2.05) is 0 Å². The van der Waals surface area contributed by atoms with Gasteiger partial charge in [0.25, 0.3) is 0 Å². The second-order valence-electron chi connectivity index (χ2n) is 5.27. The second kappa shape index (κ2) is 9.03. The Morgan fingerprint density at radius 1 is 0.958 bits per heavy atom. The molecule has 2 aromatic carbocycles. The molecule has 2 amide bonds. The smallest absolute Gasteiger partial charge is 0.229 e. The summed E-state index contributed by atoms with van der Waals surface area (Å²) in [6.07, 6.45) is 0.121. The van der Waals surface area contributed by atoms with Crippen molar-refractivity contribution in [3.05, 3.63) is 70.5 Å². The van der Waals surface area contributed by atoms with E-state index < -0.39 is 0 Å². The molecule has 0 aliphatic rings. The van der Waals surface area contributed by atoms with E-state index in [2.05, 4.69) is 10.6 Å². The SMILES string of the molecule is O=C(CC(=O)NCc1ccc(Cl)cc1)NCCc1ccccc1F. The molecule has 0 aliphatic heterocycles. The summed E-state index contributed by atoms with van der Waals surface area (Å²) in [5.41, 5.74) is 1.43. The Labute approximate surface area is 145 Å². The zero-order valence-electron chi connectivity index (χ0n) is 13.0. The van der Waals surface area contributed by atoms with Gasteiger partial charge < -0.3 is 10.6 Å². The van der Waals surface area contributed by atoms with E-state index >= 15 is 0 Å². The zero-order chi connectivity index (χ0) is 17.4. The maximum Gasteiger partial charge on any atom is 0.229 e. The molecule has 0 fully saturated rings. The van der Waals surface area contributed by atoms with Crippen LogP contribution in [0.4, 0.5) is 4.39 Å². The van der Waals surface area contributed by atoms with Crippen molar-refractivity contribution in [3.63, 3.8) is 0 Å². The average Bonchev–Trinajstić information content (AvgIpc) is 2.56. The fourth-order valence-electron chi connectivity index (χ4n) is 2.11. The number of halogens is 2. The molecule has 0 radical (unpaired) electrons. The van der Waals surface area contributed by atoms with Gasteiger partial charge in [0.2, 0.25) is 11.8 Å². The molecule has 0 heterocycles. The first-order valence-electron chi connectivity index (χ1n) is 7.56. The molecule has 0 aromatic heterocycles. The van der Waals surface area contributed by atoms with Crippen LogP contribution in [-0.4, -0.2) is 18.4 Å². The summed E-state index contributed by atoms with van der Waals surface area (Å²) < 4.78 is 13.4. The van der Waals surface area contributed by atoms with Crippen molar-refractivity contribution in [3.8, 4) is 0 Å². The van der Waals surface area contributed by atoms with E-state index in [0.717, 1.165) is 5.56 Å². The Morgan fingerprint density at radius 2 is 1.62 bits per heavy atom. The van der Waals surface area contributed by atoms with Gasteiger partial charge >= 0.3 is 0 Å². The molecule has 2 N–H and O–H groups in total. The first-order valence-corrected chi connectivity index (χ1v) is 7.93. The van der Waals surface area contributed by atoms with Crippen LogP contribution in [0.2, 0.25) is 5.02 Å². The number of amides is 2. The molecule has 0 atom stereocenters. The van der Waals surface area contributed by atoms with Gasteiger partial charge in [-0.15, -0.1) is 0 Å². The minimum Gasteiger partial charge on any atom is -0.355 e. The first kappa shape index (κ1) is 17.9. The highest BCUT2D eigenvalue weighted by atomic mass is 35.5. The van der Waals surface area contributed by atoms with E-state index in [1.165, 1.54) is 6.07 Å². The van der Waals surface area contributed by atoms with E-state index in [-0.39, 0.29) is 30.6 Å². The lowest BCUT2D eigenvalue weighted by atomic mass is 10.1. The molecule has 0 aliphatic carbocycles. The van der Waals surface area contributed by atoms with Crippen molar-refractivity contribution in [1.29, 1.82) is 0 Å². The van der Waals surface area contributed by atoms with Crippen molar-refractivity contribution in [2.75, 3.05) is 6.54 Å². The summed E-state index contributed by atoms with van der Waals surface area (Å²) in [6, 6.07) is 13.5. The van der Waals surface area contributed by atoms with Crippen LogP contribution in [0, 0.1) is 5.82 Å². The third kappa shape index (κ3) is 6.01. The monoisotopic (exact) mass is 348 g/mol. The number of carbonyl (C=O) groups excluding carboxylic acids is 2. The van der Waals surface area contributed by atoms with Crippen LogP contribution in [-0.2, 0) is 22.6 Å². The fraction of sp³-hybridized carbons (Fsp3) is 0.222. The van der Waals surface area contributed by atoms with Gasteiger partial charge in [-0.25, -0.2) is 4.39 Å². The molecular weight excluding hydrogens is 331 g/mol. The van der Waals surface area contributed by atoms with E-state index in [4.69, 9.17) is 11.6 Å². The highest BCUT2D eigenvalue weighted by Gasteiger charge is 2.09. The summed E-state index contributed by atoms with van der Waals surface area (Å²) in [7, 11) is 0. The second-order valence-corrected chi connectivity index (χ2v) is 5.71. The van der Waals surface area contributed by atoms with Gasteiger partial charge in [0.05, 0.1) is 0 Å². The summed E-state index contributed by atoms with van der Waals surface area (Å²) in [5.74, 6) is -1.05. The molecule has 0 saturated heterocycles. The summed E-state index contributed by atoms with van der Waals surface area (Å²) in [5, 5.41) is 5.90. The first-order chi connectivity index (χ1) is 11.5. The predicted octanol–water partition coefficient (Wildman–Crippen LogP) is 2.84. The number of carbonyl (C=O) groups is 2. The van der Waals surface area contributed by atoms with Crippen LogP contribution in [0.5, 0.6) is 0 Å². The van der Waals surface area contributed by atoms with Crippen LogP contribution in [0.3, 0.4) is 0 Å². The minimum atomic E-state index is -0.389. The lowest BCUT2D eigenvalue weighted by molar-refractivity contribution is -0.129. The van der Waals surface area contributed by atoms with Gasteiger partial charge in [-0.3, -0.25) is 9.59 Å². The van der Waals surface area contributed by atoms with E-state index in [0.29, 0.717) is 23.6 Å². The predicted molar refractivity (Wildman–Crippen MR) is 91.0 cm³/mol. The van der Waals surface area contributed by atoms with Crippen LogP contribution in [0.1, 0.15) is 17.5 Å². The highest BCUT2D eigenvalue weighted by molar-refractivity contribution is 6.30. The van der Waals surface area contributed by atoms with Crippen LogP contribution >= 0.6 is 11.6 Å². The molecule has 0 unspecified atom stereocenters. The molecule has 0 spiro atoms. The Morgan fingerprint density at radius 3 is 2.33 bits per heavy atom. The van der Waals surface area contributed by atoms with Crippen molar-refractivity contribution in [1.82, 2.24) is 10.6 Å². The lowest BCUT2D eigenvalue weighted by Gasteiger charge is -2.07. The van der Waals surface area contributed by atoms with Gasteiger partial charge in [0, 0.05) is 18.1 Å². The molecular formula is C18H18ClFN2O2. The number of hydrogen-bond donors (Lipinski definition) is 2. The van der Waals surface area contributed by atoms with Crippen molar-refractivity contribution < 1.29 is 14.0 Å². The van der Waals surface area contributed by atoms with Gasteiger partial charge in [-0.05, 0) is 35.7 Å². The Hall–Kier alpha value is -2.40. The van der Waals surface area contributed by atoms with Crippen molar-refractivity contribution >= 4 is 23.4 Å². The van der Waals surface area contributed by atoms with Crippen LogP contribution < -0.4 is 10.6 Å². The lowest BCUT2D eigenvalue weighted by Crippen LogP contribution is -2.32. The molecule has 6 heteroatoms. The Balaban J connectivity index is 1.67. The van der Waals surface area contributed by atoms with E-state index in [1.54, 1.807) is 42.5 Å². The number of nitrogens with one attached hydrogen (secondary N) is 2. The normalized spacial score (nSPS) is 10.2. The molecule has 0 bridgehead atoms. The summed E-state index contributed by atoms with van der Waals surface area (Å²) in [6.45, 7) is 0.614.